The van der Waals surface area contributed by atoms with Gasteiger partial charge in [0.1, 0.15) is 5.75 Å². The molecule has 110 valence electrons. The normalized spacial score (nSPS) is 11.7. The fourth-order valence-electron chi connectivity index (χ4n) is 1.77. The summed E-state index contributed by atoms with van der Waals surface area (Å²) in [4.78, 5) is 22.6. The third-order valence-electron chi connectivity index (χ3n) is 2.79. The molecule has 4 N–H and O–H groups in total. The average Bonchev–Trinajstić information content (AvgIpc) is 2.43. The summed E-state index contributed by atoms with van der Waals surface area (Å²) >= 11 is 0. The molecule has 1 amide bonds. The van der Waals surface area contributed by atoms with E-state index in [1.54, 1.807) is 24.3 Å². The molecular weight excluding hydrogens is 260 g/mol. The predicted octanol–water partition coefficient (Wildman–Crippen LogP) is 1.46. The van der Waals surface area contributed by atoms with Crippen molar-refractivity contribution in [1.82, 2.24) is 0 Å². The van der Waals surface area contributed by atoms with Crippen LogP contribution in [0.15, 0.2) is 24.3 Å². The highest BCUT2D eigenvalue weighted by molar-refractivity contribution is 5.94. The maximum Gasteiger partial charge on any atom is 0.341 e. The number of hydrogen-bond donors (Lipinski definition) is 3. The van der Waals surface area contributed by atoms with Crippen molar-refractivity contribution < 1.29 is 19.4 Å². The van der Waals surface area contributed by atoms with E-state index in [-0.39, 0.29) is 18.4 Å². The second-order valence-electron chi connectivity index (χ2n) is 4.39. The lowest BCUT2D eigenvalue weighted by Crippen LogP contribution is -2.29. The van der Waals surface area contributed by atoms with Crippen molar-refractivity contribution >= 4 is 17.6 Å². The van der Waals surface area contributed by atoms with Gasteiger partial charge in [-0.1, -0.05) is 25.5 Å². The number of carboxylic acid groups (broad SMARTS) is 1. The lowest BCUT2D eigenvalue weighted by atomic mass is 10.0. The minimum atomic E-state index is -1.07. The monoisotopic (exact) mass is 280 g/mol. The van der Waals surface area contributed by atoms with E-state index in [0.29, 0.717) is 17.9 Å². The molecule has 0 aliphatic carbocycles. The first-order chi connectivity index (χ1) is 9.58. The van der Waals surface area contributed by atoms with Crippen LogP contribution in [-0.2, 0) is 9.59 Å². The number of carbonyl (C=O) groups is 2. The van der Waals surface area contributed by atoms with Crippen LogP contribution in [0, 0.1) is 5.92 Å². The Balaban J connectivity index is 2.75. The van der Waals surface area contributed by atoms with Gasteiger partial charge in [-0.3, -0.25) is 4.79 Å². The first-order valence-electron chi connectivity index (χ1n) is 6.53. The summed E-state index contributed by atoms with van der Waals surface area (Å²) in [6.45, 7) is 1.81. The molecule has 1 aromatic carbocycles. The zero-order chi connectivity index (χ0) is 15.0. The van der Waals surface area contributed by atoms with Crippen molar-refractivity contribution in [3.05, 3.63) is 24.3 Å². The number of amides is 1. The molecule has 0 radical (unpaired) electrons. The Morgan fingerprint density at radius 1 is 1.40 bits per heavy atom. The Bertz CT molecular complexity index is 462. The van der Waals surface area contributed by atoms with Gasteiger partial charge in [0, 0.05) is 6.54 Å². The van der Waals surface area contributed by atoms with E-state index in [1.807, 2.05) is 6.92 Å². The third-order valence-corrected chi connectivity index (χ3v) is 2.79. The van der Waals surface area contributed by atoms with Gasteiger partial charge < -0.3 is 20.9 Å². The van der Waals surface area contributed by atoms with Gasteiger partial charge in [-0.05, 0) is 18.6 Å². The quantitative estimate of drug-likeness (QED) is 0.669. The molecule has 0 saturated heterocycles. The Labute approximate surface area is 117 Å². The second-order valence-corrected chi connectivity index (χ2v) is 4.39. The van der Waals surface area contributed by atoms with Crippen molar-refractivity contribution in [2.75, 3.05) is 18.5 Å². The van der Waals surface area contributed by atoms with Gasteiger partial charge in [-0.2, -0.15) is 0 Å². The highest BCUT2D eigenvalue weighted by atomic mass is 16.5. The maximum absolute atomic E-state index is 12.1. The van der Waals surface area contributed by atoms with Crippen LogP contribution in [0.2, 0.25) is 0 Å². The first-order valence-corrected chi connectivity index (χ1v) is 6.53. The lowest BCUT2D eigenvalue weighted by molar-refractivity contribution is -0.139. The van der Waals surface area contributed by atoms with Crippen LogP contribution in [0.1, 0.15) is 19.8 Å². The molecule has 0 spiro atoms. The van der Waals surface area contributed by atoms with Crippen molar-refractivity contribution in [3.8, 4) is 5.75 Å². The SMILES string of the molecule is CCCC(CN)C(=O)Nc1ccccc1OCC(=O)O. The molecule has 0 heterocycles. The number of anilines is 1. The average molecular weight is 280 g/mol. The zero-order valence-electron chi connectivity index (χ0n) is 11.5. The Hall–Kier alpha value is -2.08. The van der Waals surface area contributed by atoms with E-state index in [1.165, 1.54) is 0 Å². The van der Waals surface area contributed by atoms with Crippen molar-refractivity contribution in [1.29, 1.82) is 0 Å². The Kier molecular flexibility index (Phi) is 6.52. The van der Waals surface area contributed by atoms with Crippen molar-refractivity contribution in [2.45, 2.75) is 19.8 Å². The number of ether oxygens (including phenoxy) is 1. The van der Waals surface area contributed by atoms with Crippen LogP contribution in [0.3, 0.4) is 0 Å². The number of para-hydroxylation sites is 2. The second kappa shape index (κ2) is 8.16. The summed E-state index contributed by atoms with van der Waals surface area (Å²) in [6.07, 6.45) is 1.58. The molecule has 1 unspecified atom stereocenters. The molecule has 1 atom stereocenters. The molecule has 0 saturated carbocycles. The van der Waals surface area contributed by atoms with Crippen LogP contribution in [0.4, 0.5) is 5.69 Å². The van der Waals surface area contributed by atoms with E-state index in [4.69, 9.17) is 15.6 Å². The van der Waals surface area contributed by atoms with Crippen LogP contribution in [0.25, 0.3) is 0 Å². The standard InChI is InChI=1S/C14H20N2O4/c1-2-5-10(8-15)14(19)16-11-6-3-4-7-12(11)20-9-13(17)18/h3-4,6-7,10H,2,5,8-9,15H2,1H3,(H,16,19)(H,17,18). The number of hydrogen-bond acceptors (Lipinski definition) is 4. The third kappa shape index (κ3) is 4.89. The predicted molar refractivity (Wildman–Crippen MR) is 75.7 cm³/mol. The van der Waals surface area contributed by atoms with Gasteiger partial charge in [-0.25, -0.2) is 4.79 Å². The van der Waals surface area contributed by atoms with E-state index < -0.39 is 12.6 Å². The molecule has 6 nitrogen and oxygen atoms in total. The van der Waals surface area contributed by atoms with Gasteiger partial charge in [-0.15, -0.1) is 0 Å². The smallest absolute Gasteiger partial charge is 0.341 e. The van der Waals surface area contributed by atoms with Gasteiger partial charge in [0.2, 0.25) is 5.91 Å². The summed E-state index contributed by atoms with van der Waals surface area (Å²) in [5.41, 5.74) is 6.03. The Morgan fingerprint density at radius 3 is 2.70 bits per heavy atom. The number of nitrogens with one attached hydrogen (secondary N) is 1. The summed E-state index contributed by atoms with van der Waals surface area (Å²) in [7, 11) is 0. The fraction of sp³-hybridized carbons (Fsp3) is 0.429. The van der Waals surface area contributed by atoms with Crippen LogP contribution >= 0.6 is 0 Å². The largest absolute Gasteiger partial charge is 0.480 e. The molecule has 0 aromatic heterocycles. The number of carboxylic acids is 1. The van der Waals surface area contributed by atoms with Gasteiger partial charge in [0.15, 0.2) is 6.61 Å². The zero-order valence-corrected chi connectivity index (χ0v) is 11.5. The highest BCUT2D eigenvalue weighted by Crippen LogP contribution is 2.24. The fourth-order valence-corrected chi connectivity index (χ4v) is 1.77. The molecule has 20 heavy (non-hydrogen) atoms. The minimum absolute atomic E-state index is 0.180. The van der Waals surface area contributed by atoms with Crippen molar-refractivity contribution in [3.63, 3.8) is 0 Å². The number of carbonyl (C=O) groups excluding carboxylic acids is 1. The van der Waals surface area contributed by atoms with Gasteiger partial charge in [0.25, 0.3) is 0 Å². The van der Waals surface area contributed by atoms with Crippen molar-refractivity contribution in [2.24, 2.45) is 11.7 Å². The molecule has 1 rings (SSSR count). The summed E-state index contributed by atoms with van der Waals surface area (Å²) < 4.78 is 5.13. The molecule has 0 bridgehead atoms. The molecule has 0 fully saturated rings. The highest BCUT2D eigenvalue weighted by Gasteiger charge is 2.17. The molecule has 0 aliphatic rings. The first kappa shape index (κ1) is 16.0. The summed E-state index contributed by atoms with van der Waals surface area (Å²) in [5, 5.41) is 11.3. The van der Waals surface area contributed by atoms with Crippen LogP contribution in [-0.4, -0.2) is 30.1 Å². The Morgan fingerprint density at radius 2 is 2.10 bits per heavy atom. The van der Waals surface area contributed by atoms with E-state index in [0.717, 1.165) is 6.42 Å². The number of rotatable bonds is 8. The maximum atomic E-state index is 12.1. The topological polar surface area (TPSA) is 102 Å². The number of benzene rings is 1. The number of aliphatic carboxylic acids is 1. The summed E-state index contributed by atoms with van der Waals surface area (Å²) in [5.74, 6) is -1.18. The van der Waals surface area contributed by atoms with E-state index in [2.05, 4.69) is 5.32 Å². The molecule has 1 aromatic rings. The van der Waals surface area contributed by atoms with Crippen LogP contribution in [0.5, 0.6) is 5.75 Å². The lowest BCUT2D eigenvalue weighted by Gasteiger charge is -2.16. The van der Waals surface area contributed by atoms with Gasteiger partial charge >= 0.3 is 5.97 Å². The van der Waals surface area contributed by atoms with Crippen LogP contribution < -0.4 is 15.8 Å². The number of nitrogens with two attached hydrogens (primary N) is 1. The molecule has 0 aliphatic heterocycles. The minimum Gasteiger partial charge on any atom is -0.480 e. The summed E-state index contributed by atoms with van der Waals surface area (Å²) in [6, 6.07) is 6.71. The van der Waals surface area contributed by atoms with Gasteiger partial charge in [0.05, 0.1) is 11.6 Å². The molecular formula is C14H20N2O4. The van der Waals surface area contributed by atoms with E-state index >= 15 is 0 Å². The van der Waals surface area contributed by atoms with E-state index in [9.17, 15) is 9.59 Å². The molecule has 6 heteroatoms.